The van der Waals surface area contributed by atoms with Gasteiger partial charge in [0, 0.05) is 11.7 Å². The van der Waals surface area contributed by atoms with E-state index in [4.69, 9.17) is 11.5 Å². The standard InChI is InChI=1S/C14H23N3/c1-10-2-4-12(16)8-13(10)14-5-3-11(6-7-15)9-17-14/h2,4,8,11,14,17H,3,5-7,9,15-16H2,1H3. The molecule has 1 saturated heterocycles. The number of hydrogen-bond acceptors (Lipinski definition) is 3. The molecule has 0 bridgehead atoms. The Bertz CT molecular complexity index is 368. The van der Waals surface area contributed by atoms with E-state index < -0.39 is 0 Å². The van der Waals surface area contributed by atoms with Gasteiger partial charge in [-0.05, 0) is 68.5 Å². The lowest BCUT2D eigenvalue weighted by molar-refractivity contribution is 0.303. The molecule has 1 aliphatic heterocycles. The highest BCUT2D eigenvalue weighted by molar-refractivity contribution is 5.45. The number of nitrogens with one attached hydrogen (secondary N) is 1. The van der Waals surface area contributed by atoms with Crippen molar-refractivity contribution in [3.63, 3.8) is 0 Å². The topological polar surface area (TPSA) is 64.1 Å². The lowest BCUT2D eigenvalue weighted by Crippen LogP contribution is -2.34. The molecule has 94 valence electrons. The maximum absolute atomic E-state index is 5.86. The maximum atomic E-state index is 5.86. The average molecular weight is 233 g/mol. The Kier molecular flexibility index (Phi) is 4.02. The molecule has 3 nitrogen and oxygen atoms in total. The Morgan fingerprint density at radius 2 is 2.18 bits per heavy atom. The summed E-state index contributed by atoms with van der Waals surface area (Å²) in [6, 6.07) is 6.65. The maximum Gasteiger partial charge on any atom is 0.0323 e. The quantitative estimate of drug-likeness (QED) is 0.699. The second-order valence-electron chi connectivity index (χ2n) is 5.10. The molecular weight excluding hydrogens is 210 g/mol. The van der Waals surface area contributed by atoms with Crippen LogP contribution in [0.25, 0.3) is 0 Å². The smallest absolute Gasteiger partial charge is 0.0323 e. The molecule has 17 heavy (non-hydrogen) atoms. The molecule has 2 unspecified atom stereocenters. The summed E-state index contributed by atoms with van der Waals surface area (Å²) in [6.45, 7) is 4.03. The van der Waals surface area contributed by atoms with Crippen LogP contribution in [-0.4, -0.2) is 13.1 Å². The fourth-order valence-electron chi connectivity index (χ4n) is 2.70. The third-order valence-corrected chi connectivity index (χ3v) is 3.77. The Balaban J connectivity index is 2.02. The molecule has 0 radical (unpaired) electrons. The summed E-state index contributed by atoms with van der Waals surface area (Å²) in [5.74, 6) is 0.748. The first-order chi connectivity index (χ1) is 8.20. The molecule has 5 N–H and O–H groups in total. The molecule has 0 amide bonds. The lowest BCUT2D eigenvalue weighted by Gasteiger charge is -2.31. The van der Waals surface area contributed by atoms with Gasteiger partial charge in [-0.15, -0.1) is 0 Å². The van der Waals surface area contributed by atoms with Crippen LogP contribution in [0.4, 0.5) is 5.69 Å². The van der Waals surface area contributed by atoms with Crippen LogP contribution in [0.1, 0.15) is 36.4 Å². The molecule has 0 aromatic heterocycles. The van der Waals surface area contributed by atoms with E-state index in [0.717, 1.165) is 31.1 Å². The zero-order valence-corrected chi connectivity index (χ0v) is 10.6. The van der Waals surface area contributed by atoms with E-state index in [0.29, 0.717) is 6.04 Å². The Morgan fingerprint density at radius 3 is 2.82 bits per heavy atom. The molecule has 1 aromatic carbocycles. The number of nitrogen functional groups attached to an aromatic ring is 1. The SMILES string of the molecule is Cc1ccc(N)cc1C1CCC(CCN)CN1. The first kappa shape index (κ1) is 12.4. The number of piperidine rings is 1. The van der Waals surface area contributed by atoms with Gasteiger partial charge in [0.2, 0.25) is 0 Å². The molecule has 1 heterocycles. The highest BCUT2D eigenvalue weighted by atomic mass is 14.9. The largest absolute Gasteiger partial charge is 0.399 e. The molecule has 1 aromatic rings. The van der Waals surface area contributed by atoms with Crippen molar-refractivity contribution in [1.82, 2.24) is 5.32 Å². The van der Waals surface area contributed by atoms with Gasteiger partial charge in [0.15, 0.2) is 0 Å². The molecule has 2 atom stereocenters. The van der Waals surface area contributed by atoms with Crippen LogP contribution in [0.2, 0.25) is 0 Å². The zero-order valence-electron chi connectivity index (χ0n) is 10.6. The summed E-state index contributed by atoms with van der Waals surface area (Å²) < 4.78 is 0. The van der Waals surface area contributed by atoms with Gasteiger partial charge in [-0.1, -0.05) is 6.07 Å². The normalized spacial score (nSPS) is 24.8. The van der Waals surface area contributed by atoms with Gasteiger partial charge >= 0.3 is 0 Å². The van der Waals surface area contributed by atoms with E-state index in [-0.39, 0.29) is 0 Å². The van der Waals surface area contributed by atoms with Gasteiger partial charge in [-0.2, -0.15) is 0 Å². The van der Waals surface area contributed by atoms with Crippen LogP contribution in [0.3, 0.4) is 0 Å². The molecule has 0 spiro atoms. The molecule has 2 rings (SSSR count). The van der Waals surface area contributed by atoms with Gasteiger partial charge in [-0.3, -0.25) is 0 Å². The molecule has 1 fully saturated rings. The number of anilines is 1. The summed E-state index contributed by atoms with van der Waals surface area (Å²) in [5, 5.41) is 3.63. The van der Waals surface area contributed by atoms with Crippen LogP contribution >= 0.6 is 0 Å². The first-order valence-corrected chi connectivity index (χ1v) is 6.50. The fourth-order valence-corrected chi connectivity index (χ4v) is 2.70. The summed E-state index contributed by atoms with van der Waals surface area (Å²) in [6.07, 6.45) is 3.59. The van der Waals surface area contributed by atoms with Crippen molar-refractivity contribution < 1.29 is 0 Å². The minimum absolute atomic E-state index is 0.465. The van der Waals surface area contributed by atoms with Crippen molar-refractivity contribution in [2.45, 2.75) is 32.2 Å². The minimum atomic E-state index is 0.465. The fraction of sp³-hybridized carbons (Fsp3) is 0.571. The number of rotatable bonds is 3. The first-order valence-electron chi connectivity index (χ1n) is 6.50. The summed E-state index contributed by atoms with van der Waals surface area (Å²) in [4.78, 5) is 0. The molecule has 3 heteroatoms. The lowest BCUT2D eigenvalue weighted by atomic mass is 9.87. The van der Waals surface area contributed by atoms with E-state index in [1.165, 1.54) is 24.0 Å². The summed E-state index contributed by atoms with van der Waals surface area (Å²) in [5.41, 5.74) is 15.0. The van der Waals surface area contributed by atoms with Crippen molar-refractivity contribution in [2.75, 3.05) is 18.8 Å². The number of benzene rings is 1. The van der Waals surface area contributed by atoms with Gasteiger partial charge in [0.05, 0.1) is 0 Å². The average Bonchev–Trinajstić information content (AvgIpc) is 2.34. The van der Waals surface area contributed by atoms with Crippen LogP contribution in [-0.2, 0) is 0 Å². The van der Waals surface area contributed by atoms with Crippen LogP contribution in [0.15, 0.2) is 18.2 Å². The summed E-state index contributed by atoms with van der Waals surface area (Å²) >= 11 is 0. The van der Waals surface area contributed by atoms with Crippen molar-refractivity contribution in [1.29, 1.82) is 0 Å². The van der Waals surface area contributed by atoms with Crippen molar-refractivity contribution in [3.05, 3.63) is 29.3 Å². The molecule has 0 saturated carbocycles. The Morgan fingerprint density at radius 1 is 1.35 bits per heavy atom. The second kappa shape index (κ2) is 5.52. The third-order valence-electron chi connectivity index (χ3n) is 3.77. The van der Waals surface area contributed by atoms with E-state index in [9.17, 15) is 0 Å². The molecule has 0 aliphatic carbocycles. The highest BCUT2D eigenvalue weighted by Gasteiger charge is 2.22. The van der Waals surface area contributed by atoms with Crippen LogP contribution in [0, 0.1) is 12.8 Å². The number of nitrogens with two attached hydrogens (primary N) is 2. The van der Waals surface area contributed by atoms with Gasteiger partial charge in [0.25, 0.3) is 0 Å². The van der Waals surface area contributed by atoms with E-state index >= 15 is 0 Å². The Labute approximate surface area is 104 Å². The van der Waals surface area contributed by atoms with E-state index in [1.54, 1.807) is 0 Å². The van der Waals surface area contributed by atoms with Crippen molar-refractivity contribution in [3.8, 4) is 0 Å². The van der Waals surface area contributed by atoms with Gasteiger partial charge in [0.1, 0.15) is 0 Å². The number of aryl methyl sites for hydroxylation is 1. The van der Waals surface area contributed by atoms with Crippen molar-refractivity contribution in [2.24, 2.45) is 11.7 Å². The third kappa shape index (κ3) is 2.99. The van der Waals surface area contributed by atoms with Gasteiger partial charge in [-0.25, -0.2) is 0 Å². The van der Waals surface area contributed by atoms with E-state index in [1.807, 2.05) is 6.07 Å². The predicted molar refractivity (Wildman–Crippen MR) is 72.7 cm³/mol. The monoisotopic (exact) mass is 233 g/mol. The highest BCUT2D eigenvalue weighted by Crippen LogP contribution is 2.29. The van der Waals surface area contributed by atoms with E-state index in [2.05, 4.69) is 24.4 Å². The Hall–Kier alpha value is -1.06. The summed E-state index contributed by atoms with van der Waals surface area (Å²) in [7, 11) is 0. The second-order valence-corrected chi connectivity index (χ2v) is 5.10. The minimum Gasteiger partial charge on any atom is -0.399 e. The van der Waals surface area contributed by atoms with Crippen LogP contribution in [0.5, 0.6) is 0 Å². The molecule has 1 aliphatic rings. The zero-order chi connectivity index (χ0) is 12.3. The van der Waals surface area contributed by atoms with Gasteiger partial charge < -0.3 is 16.8 Å². The molecular formula is C14H23N3. The van der Waals surface area contributed by atoms with Crippen molar-refractivity contribution >= 4 is 5.69 Å². The van der Waals surface area contributed by atoms with Crippen LogP contribution < -0.4 is 16.8 Å². The predicted octanol–water partition coefficient (Wildman–Crippen LogP) is 1.97. The number of hydrogen-bond donors (Lipinski definition) is 3.